The summed E-state index contributed by atoms with van der Waals surface area (Å²) in [5, 5.41) is 6.00. The van der Waals surface area contributed by atoms with Gasteiger partial charge in [0.05, 0.1) is 12.1 Å². The molecule has 16 heavy (non-hydrogen) atoms. The largest absolute Gasteiger partial charge is 0.378 e. The molecule has 0 spiro atoms. The van der Waals surface area contributed by atoms with Crippen molar-refractivity contribution in [2.45, 2.75) is 52.3 Å². The van der Waals surface area contributed by atoms with E-state index in [9.17, 15) is 4.79 Å². The van der Waals surface area contributed by atoms with E-state index in [2.05, 4.69) is 24.5 Å². The molecule has 2 unspecified atom stereocenters. The van der Waals surface area contributed by atoms with E-state index in [1.807, 2.05) is 13.8 Å². The zero-order chi connectivity index (χ0) is 12.3. The van der Waals surface area contributed by atoms with Crippen LogP contribution >= 0.6 is 0 Å². The van der Waals surface area contributed by atoms with E-state index in [-0.39, 0.29) is 17.4 Å². The molecule has 0 aromatic rings. The first kappa shape index (κ1) is 13.5. The Bertz CT molecular complexity index is 253. The average molecular weight is 228 g/mol. The van der Waals surface area contributed by atoms with Gasteiger partial charge >= 0.3 is 0 Å². The zero-order valence-electron chi connectivity index (χ0n) is 11.0. The summed E-state index contributed by atoms with van der Waals surface area (Å²) >= 11 is 0. The van der Waals surface area contributed by atoms with E-state index in [0.29, 0.717) is 12.1 Å². The van der Waals surface area contributed by atoms with Crippen LogP contribution < -0.4 is 10.6 Å². The van der Waals surface area contributed by atoms with Gasteiger partial charge in [0.2, 0.25) is 5.91 Å². The lowest BCUT2D eigenvalue weighted by atomic mass is 9.64. The molecule has 1 saturated carbocycles. The van der Waals surface area contributed by atoms with Crippen LogP contribution in [0.3, 0.4) is 0 Å². The Hall–Kier alpha value is -0.610. The van der Waals surface area contributed by atoms with Gasteiger partial charge in [0, 0.05) is 25.1 Å². The Balaban J connectivity index is 2.44. The lowest BCUT2D eigenvalue weighted by Gasteiger charge is -2.52. The molecule has 0 aromatic heterocycles. The molecule has 3 atom stereocenters. The first-order chi connectivity index (χ1) is 7.43. The number of hydrogen-bond acceptors (Lipinski definition) is 3. The number of rotatable bonds is 5. The molecule has 4 heteroatoms. The third kappa shape index (κ3) is 2.55. The number of carbonyl (C=O) groups excluding carboxylic acids is 1. The van der Waals surface area contributed by atoms with Crippen LogP contribution in [0.25, 0.3) is 0 Å². The Morgan fingerprint density at radius 1 is 1.56 bits per heavy atom. The Labute approximate surface area is 98.1 Å². The molecular weight excluding hydrogens is 204 g/mol. The van der Waals surface area contributed by atoms with Gasteiger partial charge < -0.3 is 15.4 Å². The summed E-state index contributed by atoms with van der Waals surface area (Å²) in [7, 11) is 1.66. The average Bonchev–Trinajstić information content (AvgIpc) is 2.26. The van der Waals surface area contributed by atoms with Crippen molar-refractivity contribution in [3.05, 3.63) is 0 Å². The van der Waals surface area contributed by atoms with Crippen molar-refractivity contribution in [3.8, 4) is 0 Å². The van der Waals surface area contributed by atoms with Gasteiger partial charge in [-0.15, -0.1) is 0 Å². The van der Waals surface area contributed by atoms with E-state index in [0.717, 1.165) is 13.0 Å². The number of ether oxygens (including phenoxy) is 1. The molecule has 0 saturated heterocycles. The molecule has 0 aliphatic heterocycles. The van der Waals surface area contributed by atoms with Crippen LogP contribution in [0.5, 0.6) is 0 Å². The van der Waals surface area contributed by atoms with Crippen LogP contribution in [0, 0.1) is 5.41 Å². The SMILES string of the molecule is CCOC1CC(N[C@H](C)C(=O)NC)C1(C)C. The van der Waals surface area contributed by atoms with Crippen molar-refractivity contribution in [3.63, 3.8) is 0 Å². The fourth-order valence-corrected chi connectivity index (χ4v) is 2.25. The maximum Gasteiger partial charge on any atom is 0.236 e. The molecule has 1 aliphatic rings. The van der Waals surface area contributed by atoms with Crippen LogP contribution in [-0.2, 0) is 9.53 Å². The second-order valence-electron chi connectivity index (χ2n) is 5.06. The molecule has 0 heterocycles. The summed E-state index contributed by atoms with van der Waals surface area (Å²) in [6, 6.07) is 0.216. The molecule has 0 bridgehead atoms. The first-order valence-electron chi connectivity index (χ1n) is 6.02. The summed E-state index contributed by atoms with van der Waals surface area (Å²) in [6.45, 7) is 9.04. The second kappa shape index (κ2) is 5.15. The van der Waals surface area contributed by atoms with Gasteiger partial charge in [0.1, 0.15) is 0 Å². The summed E-state index contributed by atoms with van der Waals surface area (Å²) in [4.78, 5) is 11.4. The molecule has 0 radical (unpaired) electrons. The van der Waals surface area contributed by atoms with Gasteiger partial charge in [-0.05, 0) is 20.3 Å². The van der Waals surface area contributed by atoms with E-state index in [1.165, 1.54) is 0 Å². The van der Waals surface area contributed by atoms with Crippen molar-refractivity contribution < 1.29 is 9.53 Å². The van der Waals surface area contributed by atoms with Crippen LogP contribution in [-0.4, -0.2) is 37.7 Å². The minimum Gasteiger partial charge on any atom is -0.378 e. The highest BCUT2D eigenvalue weighted by Crippen LogP contribution is 2.42. The van der Waals surface area contributed by atoms with E-state index < -0.39 is 0 Å². The van der Waals surface area contributed by atoms with Crippen molar-refractivity contribution in [2.24, 2.45) is 5.41 Å². The van der Waals surface area contributed by atoms with Gasteiger partial charge in [-0.2, -0.15) is 0 Å². The van der Waals surface area contributed by atoms with Crippen LogP contribution in [0.2, 0.25) is 0 Å². The molecule has 1 fully saturated rings. The standard InChI is InChI=1S/C12H24N2O2/c1-6-16-10-7-9(12(10,3)4)14-8(2)11(15)13-5/h8-10,14H,6-7H2,1-5H3,(H,13,15)/t8-,9?,10?/m1/s1. The fraction of sp³-hybridized carbons (Fsp3) is 0.917. The summed E-state index contributed by atoms with van der Waals surface area (Å²) in [5.74, 6) is 0.0376. The molecular formula is C12H24N2O2. The zero-order valence-corrected chi connectivity index (χ0v) is 11.0. The van der Waals surface area contributed by atoms with Gasteiger partial charge in [-0.3, -0.25) is 4.79 Å². The molecule has 1 amide bonds. The highest BCUT2D eigenvalue weighted by atomic mass is 16.5. The highest BCUT2D eigenvalue weighted by molar-refractivity contribution is 5.81. The molecule has 94 valence electrons. The van der Waals surface area contributed by atoms with Gasteiger partial charge in [0.15, 0.2) is 0 Å². The number of hydrogen-bond donors (Lipinski definition) is 2. The lowest BCUT2D eigenvalue weighted by molar-refractivity contribution is -0.130. The Kier molecular flexibility index (Phi) is 4.33. The van der Waals surface area contributed by atoms with Crippen LogP contribution in [0.1, 0.15) is 34.1 Å². The predicted molar refractivity (Wildman–Crippen MR) is 64.3 cm³/mol. The third-order valence-corrected chi connectivity index (χ3v) is 3.64. The molecule has 1 aliphatic carbocycles. The van der Waals surface area contributed by atoms with E-state index >= 15 is 0 Å². The normalized spacial score (nSPS) is 29.3. The van der Waals surface area contributed by atoms with Crippen molar-refractivity contribution >= 4 is 5.91 Å². The second-order valence-corrected chi connectivity index (χ2v) is 5.06. The quantitative estimate of drug-likeness (QED) is 0.735. The van der Waals surface area contributed by atoms with Crippen LogP contribution in [0.15, 0.2) is 0 Å². The number of nitrogens with one attached hydrogen (secondary N) is 2. The maximum atomic E-state index is 11.4. The molecule has 2 N–H and O–H groups in total. The predicted octanol–water partition coefficient (Wildman–Crippen LogP) is 0.914. The highest BCUT2D eigenvalue weighted by Gasteiger charge is 2.49. The Morgan fingerprint density at radius 3 is 2.62 bits per heavy atom. The summed E-state index contributed by atoms with van der Waals surface area (Å²) in [5.41, 5.74) is 0.109. The topological polar surface area (TPSA) is 50.4 Å². The monoisotopic (exact) mass is 228 g/mol. The van der Waals surface area contributed by atoms with Crippen molar-refractivity contribution in [1.82, 2.24) is 10.6 Å². The van der Waals surface area contributed by atoms with E-state index in [1.54, 1.807) is 7.05 Å². The lowest BCUT2D eigenvalue weighted by Crippen LogP contribution is -2.63. The van der Waals surface area contributed by atoms with Gasteiger partial charge in [0.25, 0.3) is 0 Å². The fourth-order valence-electron chi connectivity index (χ4n) is 2.25. The minimum atomic E-state index is -0.142. The first-order valence-corrected chi connectivity index (χ1v) is 6.02. The molecule has 4 nitrogen and oxygen atoms in total. The smallest absolute Gasteiger partial charge is 0.236 e. The Morgan fingerprint density at radius 2 is 2.19 bits per heavy atom. The van der Waals surface area contributed by atoms with Gasteiger partial charge in [-0.25, -0.2) is 0 Å². The minimum absolute atomic E-state index is 0.0376. The van der Waals surface area contributed by atoms with Crippen molar-refractivity contribution in [2.75, 3.05) is 13.7 Å². The number of amides is 1. The molecule has 1 rings (SSSR count). The number of carbonyl (C=O) groups is 1. The summed E-state index contributed by atoms with van der Waals surface area (Å²) < 4.78 is 5.65. The van der Waals surface area contributed by atoms with Gasteiger partial charge in [-0.1, -0.05) is 13.8 Å². The third-order valence-electron chi connectivity index (χ3n) is 3.64. The maximum absolute atomic E-state index is 11.4. The summed E-state index contributed by atoms with van der Waals surface area (Å²) in [6.07, 6.45) is 1.30. The van der Waals surface area contributed by atoms with Crippen molar-refractivity contribution in [1.29, 1.82) is 0 Å². The van der Waals surface area contributed by atoms with E-state index in [4.69, 9.17) is 4.74 Å². The van der Waals surface area contributed by atoms with Crippen LogP contribution in [0.4, 0.5) is 0 Å². The molecule has 0 aromatic carbocycles. The number of likely N-dealkylation sites (N-methyl/N-ethyl adjacent to an activating group) is 1.